The molecule has 0 saturated carbocycles. The molecule has 5 heteroatoms. The summed E-state index contributed by atoms with van der Waals surface area (Å²) in [7, 11) is 1.99. The van der Waals surface area contributed by atoms with Gasteiger partial charge in [0.05, 0.1) is 18.6 Å². The monoisotopic (exact) mass is 264 g/mol. The molecular weight excluding hydrogens is 240 g/mol. The summed E-state index contributed by atoms with van der Waals surface area (Å²) in [6, 6.07) is 0.194. The Balaban J connectivity index is 2.01. The summed E-state index contributed by atoms with van der Waals surface area (Å²) >= 11 is 0. The van der Waals surface area contributed by atoms with Crippen LogP contribution in [0.4, 0.5) is 0 Å². The lowest BCUT2D eigenvalue weighted by Crippen LogP contribution is -2.37. The molecule has 0 spiro atoms. The number of nitrogens with zero attached hydrogens (tertiary/aromatic N) is 2. The summed E-state index contributed by atoms with van der Waals surface area (Å²) in [5, 5.41) is 4.45. The van der Waals surface area contributed by atoms with Crippen LogP contribution in [-0.4, -0.2) is 22.4 Å². The fourth-order valence-electron chi connectivity index (χ4n) is 2.68. The second-order valence-corrected chi connectivity index (χ2v) is 5.20. The Morgan fingerprint density at radius 2 is 2.32 bits per heavy atom. The number of hydrogen-bond acceptors (Lipinski definition) is 4. The standard InChI is InChI=1S/C14H24N4O/c1-10-13(11(2)18(3)17-10)6-7-14(16-15)12-5-4-8-19-9-12/h9,14,16H,4-8,15H2,1-3H3. The van der Waals surface area contributed by atoms with Crippen molar-refractivity contribution >= 4 is 0 Å². The number of aromatic nitrogens is 2. The van der Waals surface area contributed by atoms with Crippen molar-refractivity contribution in [3.05, 3.63) is 28.8 Å². The van der Waals surface area contributed by atoms with E-state index in [0.717, 1.165) is 38.0 Å². The lowest BCUT2D eigenvalue weighted by Gasteiger charge is -2.22. The van der Waals surface area contributed by atoms with Gasteiger partial charge in [-0.2, -0.15) is 5.10 Å². The quantitative estimate of drug-likeness (QED) is 0.625. The van der Waals surface area contributed by atoms with Crippen molar-refractivity contribution in [2.75, 3.05) is 6.61 Å². The van der Waals surface area contributed by atoms with Gasteiger partial charge < -0.3 is 4.74 Å². The first-order chi connectivity index (χ1) is 9.13. The van der Waals surface area contributed by atoms with Crippen molar-refractivity contribution in [2.24, 2.45) is 12.9 Å². The third-order valence-corrected chi connectivity index (χ3v) is 3.95. The van der Waals surface area contributed by atoms with Gasteiger partial charge >= 0.3 is 0 Å². The van der Waals surface area contributed by atoms with Gasteiger partial charge in [0, 0.05) is 18.8 Å². The van der Waals surface area contributed by atoms with Gasteiger partial charge in [-0.25, -0.2) is 0 Å². The molecule has 2 rings (SSSR count). The van der Waals surface area contributed by atoms with Gasteiger partial charge in [0.1, 0.15) is 0 Å². The maximum Gasteiger partial charge on any atom is 0.0876 e. The topological polar surface area (TPSA) is 65.1 Å². The zero-order chi connectivity index (χ0) is 13.8. The van der Waals surface area contributed by atoms with Crippen LogP contribution in [0.5, 0.6) is 0 Å². The lowest BCUT2D eigenvalue weighted by molar-refractivity contribution is 0.218. The van der Waals surface area contributed by atoms with Crippen LogP contribution >= 0.6 is 0 Å². The summed E-state index contributed by atoms with van der Waals surface area (Å²) in [6.07, 6.45) is 5.97. The number of aryl methyl sites for hydroxylation is 2. The van der Waals surface area contributed by atoms with Gasteiger partial charge in [-0.3, -0.25) is 16.0 Å². The molecule has 0 bridgehead atoms. The average Bonchev–Trinajstić information content (AvgIpc) is 2.66. The second kappa shape index (κ2) is 6.21. The fraction of sp³-hybridized carbons (Fsp3) is 0.643. The van der Waals surface area contributed by atoms with Gasteiger partial charge in [0.25, 0.3) is 0 Å². The highest BCUT2D eigenvalue weighted by molar-refractivity contribution is 5.25. The second-order valence-electron chi connectivity index (χ2n) is 5.20. The predicted molar refractivity (Wildman–Crippen MR) is 75.4 cm³/mol. The van der Waals surface area contributed by atoms with Crippen LogP contribution in [0.15, 0.2) is 11.8 Å². The van der Waals surface area contributed by atoms with E-state index < -0.39 is 0 Å². The summed E-state index contributed by atoms with van der Waals surface area (Å²) in [5.74, 6) is 5.68. The van der Waals surface area contributed by atoms with Gasteiger partial charge in [0.2, 0.25) is 0 Å². The van der Waals surface area contributed by atoms with Crippen LogP contribution < -0.4 is 11.3 Å². The highest BCUT2D eigenvalue weighted by atomic mass is 16.5. The molecule has 0 aromatic carbocycles. The molecule has 5 nitrogen and oxygen atoms in total. The van der Waals surface area contributed by atoms with Crippen LogP contribution in [0.1, 0.15) is 36.2 Å². The molecule has 106 valence electrons. The van der Waals surface area contributed by atoms with Crippen LogP contribution in [-0.2, 0) is 18.2 Å². The largest absolute Gasteiger partial charge is 0.501 e. The minimum Gasteiger partial charge on any atom is -0.501 e. The fourth-order valence-corrected chi connectivity index (χ4v) is 2.68. The maximum absolute atomic E-state index is 5.68. The molecule has 0 aliphatic carbocycles. The van der Waals surface area contributed by atoms with Crippen molar-refractivity contribution < 1.29 is 4.74 Å². The van der Waals surface area contributed by atoms with E-state index in [4.69, 9.17) is 10.6 Å². The number of nitrogens with one attached hydrogen (secondary N) is 1. The molecule has 2 heterocycles. The summed E-state index contributed by atoms with van der Waals surface area (Å²) < 4.78 is 7.34. The molecule has 1 aliphatic heterocycles. The third kappa shape index (κ3) is 3.16. The van der Waals surface area contributed by atoms with E-state index in [1.807, 2.05) is 18.0 Å². The Bertz CT molecular complexity index is 464. The molecule has 0 amide bonds. The van der Waals surface area contributed by atoms with E-state index in [1.165, 1.54) is 16.8 Å². The summed E-state index contributed by atoms with van der Waals surface area (Å²) in [6.45, 7) is 5.00. The van der Waals surface area contributed by atoms with Crippen LogP contribution in [0.3, 0.4) is 0 Å². The average molecular weight is 264 g/mol. The third-order valence-electron chi connectivity index (χ3n) is 3.95. The number of nitrogens with two attached hydrogens (primary N) is 1. The van der Waals surface area contributed by atoms with E-state index in [9.17, 15) is 0 Å². The van der Waals surface area contributed by atoms with Crippen molar-refractivity contribution in [1.82, 2.24) is 15.2 Å². The first-order valence-electron chi connectivity index (χ1n) is 6.89. The molecule has 0 saturated heterocycles. The van der Waals surface area contributed by atoms with Crippen LogP contribution in [0, 0.1) is 13.8 Å². The first-order valence-corrected chi connectivity index (χ1v) is 6.89. The van der Waals surface area contributed by atoms with Gasteiger partial charge in [-0.15, -0.1) is 0 Å². The molecule has 3 N–H and O–H groups in total. The van der Waals surface area contributed by atoms with Crippen molar-refractivity contribution in [3.8, 4) is 0 Å². The molecule has 1 aromatic heterocycles. The summed E-state index contributed by atoms with van der Waals surface area (Å²) in [4.78, 5) is 0. The minimum absolute atomic E-state index is 0.194. The number of hydrogen-bond donors (Lipinski definition) is 2. The highest BCUT2D eigenvalue weighted by Gasteiger charge is 2.17. The molecule has 0 radical (unpaired) electrons. The summed E-state index contributed by atoms with van der Waals surface area (Å²) in [5.41, 5.74) is 7.87. The van der Waals surface area contributed by atoms with E-state index >= 15 is 0 Å². The highest BCUT2D eigenvalue weighted by Crippen LogP contribution is 2.21. The zero-order valence-corrected chi connectivity index (χ0v) is 12.1. The predicted octanol–water partition coefficient (Wildman–Crippen LogP) is 1.50. The molecule has 1 unspecified atom stereocenters. The van der Waals surface area contributed by atoms with Crippen LogP contribution in [0.25, 0.3) is 0 Å². The van der Waals surface area contributed by atoms with E-state index in [1.54, 1.807) is 0 Å². The molecule has 19 heavy (non-hydrogen) atoms. The molecule has 0 fully saturated rings. The Labute approximate surface area is 114 Å². The Morgan fingerprint density at radius 3 is 2.84 bits per heavy atom. The van der Waals surface area contributed by atoms with Crippen LogP contribution in [0.2, 0.25) is 0 Å². The Kier molecular flexibility index (Phi) is 4.61. The van der Waals surface area contributed by atoms with Gasteiger partial charge in [-0.1, -0.05) is 0 Å². The van der Waals surface area contributed by atoms with Crippen molar-refractivity contribution in [1.29, 1.82) is 0 Å². The molecule has 1 atom stereocenters. The molecular formula is C14H24N4O. The Hall–Kier alpha value is -1.33. The zero-order valence-electron chi connectivity index (χ0n) is 12.1. The first kappa shape index (κ1) is 14.1. The Morgan fingerprint density at radius 1 is 1.53 bits per heavy atom. The maximum atomic E-state index is 5.68. The SMILES string of the molecule is Cc1nn(C)c(C)c1CCC(NN)C1=COCCC1. The molecule has 1 aromatic rings. The van der Waals surface area contributed by atoms with E-state index in [0.29, 0.717) is 0 Å². The van der Waals surface area contributed by atoms with E-state index in [-0.39, 0.29) is 6.04 Å². The number of hydrazine groups is 1. The smallest absolute Gasteiger partial charge is 0.0876 e. The van der Waals surface area contributed by atoms with Crippen molar-refractivity contribution in [3.63, 3.8) is 0 Å². The lowest BCUT2D eigenvalue weighted by atomic mass is 9.96. The van der Waals surface area contributed by atoms with E-state index in [2.05, 4.69) is 24.4 Å². The van der Waals surface area contributed by atoms with Gasteiger partial charge in [-0.05, 0) is 50.7 Å². The van der Waals surface area contributed by atoms with Gasteiger partial charge in [0.15, 0.2) is 0 Å². The normalized spacial score (nSPS) is 16.9. The number of ether oxygens (including phenoxy) is 1. The molecule has 1 aliphatic rings. The number of rotatable bonds is 5. The minimum atomic E-state index is 0.194. The van der Waals surface area contributed by atoms with Crippen molar-refractivity contribution in [2.45, 2.75) is 45.6 Å².